The smallest absolute Gasteiger partial charge is 0.147 e. The van der Waals surface area contributed by atoms with Crippen LogP contribution in [0.15, 0.2) is 41.1 Å². The molecule has 3 nitrogen and oxygen atoms in total. The molecule has 0 atom stereocenters. The molecule has 0 unspecified atom stereocenters. The summed E-state index contributed by atoms with van der Waals surface area (Å²) < 4.78 is 26.6. The Labute approximate surface area is 119 Å². The van der Waals surface area contributed by atoms with Gasteiger partial charge in [0.05, 0.1) is 17.6 Å². The predicted molar refractivity (Wildman–Crippen MR) is 80.7 cm³/mol. The molecular weight excluding hydrogens is 330 g/mol. The van der Waals surface area contributed by atoms with Crippen molar-refractivity contribution in [3.63, 3.8) is 0 Å². The highest BCUT2D eigenvalue weighted by atomic mass is 79.9. The van der Waals surface area contributed by atoms with Crippen molar-refractivity contribution in [2.24, 2.45) is 0 Å². The summed E-state index contributed by atoms with van der Waals surface area (Å²) in [5.74, 6) is -0.383. The maximum atomic E-state index is 13.8. The van der Waals surface area contributed by atoms with Crippen LogP contribution in [-0.2, 0) is 4.57 Å². The Hall–Kier alpha value is -1.19. The van der Waals surface area contributed by atoms with Gasteiger partial charge in [0.15, 0.2) is 0 Å². The van der Waals surface area contributed by atoms with E-state index in [-0.39, 0.29) is 5.82 Å². The molecule has 2 aromatic rings. The second-order valence-electron chi connectivity index (χ2n) is 4.49. The van der Waals surface area contributed by atoms with Crippen molar-refractivity contribution >= 4 is 39.8 Å². The Balaban J connectivity index is 2.42. The zero-order valence-corrected chi connectivity index (χ0v) is 13.0. The minimum atomic E-state index is -2.45. The fourth-order valence-corrected chi connectivity index (χ4v) is 3.14. The first-order valence-corrected chi connectivity index (χ1v) is 8.99. The summed E-state index contributed by atoms with van der Waals surface area (Å²) in [4.78, 5) is 3.99. The van der Waals surface area contributed by atoms with E-state index in [1.54, 1.807) is 43.9 Å². The van der Waals surface area contributed by atoms with Gasteiger partial charge >= 0.3 is 0 Å². The molecule has 0 aliphatic rings. The fourth-order valence-electron chi connectivity index (χ4n) is 1.69. The SMILES string of the molecule is CP(C)(=O)c1ccncc1Nc1ccc(Br)cc1F. The lowest BCUT2D eigenvalue weighted by Gasteiger charge is -2.15. The molecule has 6 heteroatoms. The summed E-state index contributed by atoms with van der Waals surface area (Å²) in [6.07, 6.45) is 3.13. The van der Waals surface area contributed by atoms with E-state index in [0.29, 0.717) is 21.2 Å². The van der Waals surface area contributed by atoms with Gasteiger partial charge in [0.25, 0.3) is 0 Å². The van der Waals surface area contributed by atoms with E-state index >= 15 is 0 Å². The van der Waals surface area contributed by atoms with E-state index < -0.39 is 7.14 Å². The highest BCUT2D eigenvalue weighted by Gasteiger charge is 2.16. The third-order valence-corrected chi connectivity index (χ3v) is 4.62. The van der Waals surface area contributed by atoms with Crippen molar-refractivity contribution < 1.29 is 8.96 Å². The van der Waals surface area contributed by atoms with Crippen LogP contribution in [0.25, 0.3) is 0 Å². The van der Waals surface area contributed by atoms with Crippen molar-refractivity contribution in [2.75, 3.05) is 18.6 Å². The quantitative estimate of drug-likeness (QED) is 0.858. The van der Waals surface area contributed by atoms with Crippen LogP contribution in [0, 0.1) is 5.82 Å². The fraction of sp³-hybridized carbons (Fsp3) is 0.154. The molecule has 0 amide bonds. The van der Waals surface area contributed by atoms with Crippen molar-refractivity contribution in [3.05, 3.63) is 46.9 Å². The topological polar surface area (TPSA) is 42.0 Å². The van der Waals surface area contributed by atoms with E-state index in [1.807, 2.05) is 0 Å². The minimum absolute atomic E-state index is 0.325. The molecule has 0 saturated carbocycles. The average molecular weight is 343 g/mol. The molecule has 1 aromatic heterocycles. The van der Waals surface area contributed by atoms with Gasteiger partial charge in [0, 0.05) is 16.0 Å². The first-order valence-electron chi connectivity index (χ1n) is 5.59. The summed E-state index contributed by atoms with van der Waals surface area (Å²) in [5.41, 5.74) is 0.892. The molecule has 0 saturated heterocycles. The van der Waals surface area contributed by atoms with Gasteiger partial charge in [-0.25, -0.2) is 4.39 Å². The third-order valence-electron chi connectivity index (χ3n) is 2.58. The normalized spacial score (nSPS) is 11.4. The molecule has 1 N–H and O–H groups in total. The summed E-state index contributed by atoms with van der Waals surface area (Å²) in [5, 5.41) is 3.60. The standard InChI is InChI=1S/C13H13BrFN2OP/c1-19(2,18)13-5-6-16-8-12(13)17-11-4-3-9(14)7-10(11)15/h3-8,17H,1-2H3. The number of halogens is 2. The lowest BCUT2D eigenvalue weighted by Crippen LogP contribution is -2.10. The highest BCUT2D eigenvalue weighted by Crippen LogP contribution is 2.38. The number of hydrogen-bond donors (Lipinski definition) is 1. The third kappa shape index (κ3) is 3.43. The molecule has 0 aliphatic carbocycles. The van der Waals surface area contributed by atoms with Gasteiger partial charge in [0.2, 0.25) is 0 Å². The van der Waals surface area contributed by atoms with Crippen LogP contribution in [0.3, 0.4) is 0 Å². The van der Waals surface area contributed by atoms with Crippen molar-refractivity contribution in [1.82, 2.24) is 4.98 Å². The number of benzene rings is 1. The summed E-state index contributed by atoms with van der Waals surface area (Å²) in [6, 6.07) is 6.42. The predicted octanol–water partition coefficient (Wildman–Crippen LogP) is 3.97. The van der Waals surface area contributed by atoms with Gasteiger partial charge in [0.1, 0.15) is 13.0 Å². The molecular formula is C13H13BrFN2OP. The van der Waals surface area contributed by atoms with Crippen LogP contribution in [0.4, 0.5) is 15.8 Å². The van der Waals surface area contributed by atoms with Gasteiger partial charge in [-0.3, -0.25) is 4.98 Å². The number of anilines is 2. The Bertz CT molecular complexity index is 657. The first kappa shape index (κ1) is 14.2. The Morgan fingerprint density at radius 1 is 1.26 bits per heavy atom. The van der Waals surface area contributed by atoms with E-state index in [9.17, 15) is 8.96 Å². The van der Waals surface area contributed by atoms with Gasteiger partial charge in [-0.1, -0.05) is 15.9 Å². The van der Waals surface area contributed by atoms with E-state index in [2.05, 4.69) is 26.2 Å². The van der Waals surface area contributed by atoms with Crippen molar-refractivity contribution in [1.29, 1.82) is 0 Å². The molecule has 19 heavy (non-hydrogen) atoms. The number of nitrogens with zero attached hydrogens (tertiary/aromatic N) is 1. The summed E-state index contributed by atoms with van der Waals surface area (Å²) >= 11 is 3.20. The van der Waals surface area contributed by atoms with Gasteiger partial charge in [-0.05, 0) is 37.6 Å². The maximum absolute atomic E-state index is 13.8. The molecule has 0 fully saturated rings. The van der Waals surface area contributed by atoms with Crippen LogP contribution in [-0.4, -0.2) is 18.3 Å². The van der Waals surface area contributed by atoms with Gasteiger partial charge < -0.3 is 9.88 Å². The number of hydrogen-bond acceptors (Lipinski definition) is 3. The highest BCUT2D eigenvalue weighted by molar-refractivity contribution is 9.10. The zero-order valence-electron chi connectivity index (χ0n) is 10.5. The monoisotopic (exact) mass is 342 g/mol. The summed E-state index contributed by atoms with van der Waals surface area (Å²) in [6.45, 7) is 3.34. The first-order chi connectivity index (χ1) is 8.88. The Morgan fingerprint density at radius 2 is 2.00 bits per heavy atom. The lowest BCUT2D eigenvalue weighted by atomic mass is 10.3. The van der Waals surface area contributed by atoms with Crippen LogP contribution in [0.5, 0.6) is 0 Å². The van der Waals surface area contributed by atoms with E-state index in [4.69, 9.17) is 0 Å². The van der Waals surface area contributed by atoms with Gasteiger partial charge in [-0.15, -0.1) is 0 Å². The average Bonchev–Trinajstić information content (AvgIpc) is 2.32. The van der Waals surface area contributed by atoms with Crippen LogP contribution in [0.1, 0.15) is 0 Å². The second-order valence-corrected chi connectivity index (χ2v) is 8.59. The minimum Gasteiger partial charge on any atom is -0.351 e. The molecule has 100 valence electrons. The molecule has 0 bridgehead atoms. The van der Waals surface area contributed by atoms with Crippen LogP contribution in [0.2, 0.25) is 0 Å². The number of pyridine rings is 1. The number of rotatable bonds is 3. The second kappa shape index (κ2) is 5.43. The Kier molecular flexibility index (Phi) is 4.07. The molecule has 2 rings (SSSR count). The van der Waals surface area contributed by atoms with Crippen molar-refractivity contribution in [3.8, 4) is 0 Å². The largest absolute Gasteiger partial charge is 0.351 e. The molecule has 0 radical (unpaired) electrons. The van der Waals surface area contributed by atoms with Gasteiger partial charge in [-0.2, -0.15) is 0 Å². The van der Waals surface area contributed by atoms with Crippen LogP contribution < -0.4 is 10.6 Å². The Morgan fingerprint density at radius 3 is 2.63 bits per heavy atom. The summed E-state index contributed by atoms with van der Waals surface area (Å²) in [7, 11) is -2.45. The number of nitrogens with one attached hydrogen (secondary N) is 1. The lowest BCUT2D eigenvalue weighted by molar-refractivity contribution is 0.588. The molecule has 0 aliphatic heterocycles. The maximum Gasteiger partial charge on any atom is 0.147 e. The molecule has 1 aromatic carbocycles. The molecule has 0 spiro atoms. The van der Waals surface area contributed by atoms with E-state index in [0.717, 1.165) is 0 Å². The molecule has 1 heterocycles. The van der Waals surface area contributed by atoms with E-state index in [1.165, 1.54) is 6.07 Å². The zero-order chi connectivity index (χ0) is 14.0. The van der Waals surface area contributed by atoms with Crippen molar-refractivity contribution in [2.45, 2.75) is 0 Å². The number of aromatic nitrogens is 1. The van der Waals surface area contributed by atoms with Crippen LogP contribution >= 0.6 is 23.1 Å².